The van der Waals surface area contributed by atoms with Gasteiger partial charge in [0.25, 0.3) is 5.56 Å². The third-order valence-corrected chi connectivity index (χ3v) is 6.90. The van der Waals surface area contributed by atoms with Crippen molar-refractivity contribution < 1.29 is 9.47 Å². The summed E-state index contributed by atoms with van der Waals surface area (Å²) >= 11 is 5.77. The van der Waals surface area contributed by atoms with E-state index in [1.165, 1.54) is 5.56 Å². The zero-order chi connectivity index (χ0) is 23.2. The number of pyridine rings is 1. The summed E-state index contributed by atoms with van der Waals surface area (Å²) in [5.41, 5.74) is 3.85. The molecular formula is C25H36N4O3S. The molecule has 33 heavy (non-hydrogen) atoms. The molecule has 1 aromatic heterocycles. The number of hydrogen-bond donors (Lipinski definition) is 2. The van der Waals surface area contributed by atoms with Gasteiger partial charge in [0.2, 0.25) is 0 Å². The first kappa shape index (κ1) is 24.1. The maximum atomic E-state index is 12.9. The van der Waals surface area contributed by atoms with Crippen LogP contribution in [0.1, 0.15) is 36.0 Å². The Labute approximate surface area is 201 Å². The standard InChI is InChI=1S/C25H36N4O3S/c1-18-13-19(2)23-20(14-18)15-21(24(30)27-23)16-29(17-22-5-3-10-32-22)25(33)26-6-4-7-28-8-11-31-12-9-28/h13-15,22H,3-12,16-17H2,1-2H3,(H,26,33)(H,27,30)/t22-/m1/s1. The van der Waals surface area contributed by atoms with Crippen LogP contribution in [-0.4, -0.2) is 78.5 Å². The molecule has 2 aromatic rings. The van der Waals surface area contributed by atoms with Crippen LogP contribution < -0.4 is 10.9 Å². The van der Waals surface area contributed by atoms with E-state index in [9.17, 15) is 4.79 Å². The van der Waals surface area contributed by atoms with Gasteiger partial charge in [0.15, 0.2) is 5.11 Å². The number of hydrogen-bond acceptors (Lipinski definition) is 5. The van der Waals surface area contributed by atoms with Gasteiger partial charge >= 0.3 is 0 Å². The summed E-state index contributed by atoms with van der Waals surface area (Å²) in [6.45, 7) is 11.6. The van der Waals surface area contributed by atoms with E-state index in [2.05, 4.69) is 39.2 Å². The predicted molar refractivity (Wildman–Crippen MR) is 136 cm³/mol. The molecule has 0 spiro atoms. The largest absolute Gasteiger partial charge is 0.379 e. The maximum absolute atomic E-state index is 12.9. The fourth-order valence-electron chi connectivity index (χ4n) is 4.74. The Morgan fingerprint density at radius 3 is 2.82 bits per heavy atom. The first-order valence-corrected chi connectivity index (χ1v) is 12.5. The molecule has 0 bridgehead atoms. The number of rotatable bonds is 8. The highest BCUT2D eigenvalue weighted by atomic mass is 32.1. The number of aryl methyl sites for hydroxylation is 2. The van der Waals surface area contributed by atoms with Crippen LogP contribution in [0.3, 0.4) is 0 Å². The van der Waals surface area contributed by atoms with E-state index >= 15 is 0 Å². The van der Waals surface area contributed by atoms with Gasteiger partial charge in [-0.05, 0) is 75.0 Å². The molecule has 2 N–H and O–H groups in total. The van der Waals surface area contributed by atoms with Crippen molar-refractivity contribution in [3.05, 3.63) is 45.2 Å². The Bertz CT molecular complexity index is 1010. The molecule has 2 fully saturated rings. The van der Waals surface area contributed by atoms with E-state index in [0.717, 1.165) is 87.3 Å². The number of nitrogens with zero attached hydrogens (tertiary/aromatic N) is 2. The molecule has 4 rings (SSSR count). The monoisotopic (exact) mass is 472 g/mol. The number of ether oxygens (including phenoxy) is 2. The van der Waals surface area contributed by atoms with E-state index in [-0.39, 0.29) is 11.7 Å². The van der Waals surface area contributed by atoms with Crippen molar-refractivity contribution in [2.45, 2.75) is 45.8 Å². The van der Waals surface area contributed by atoms with Gasteiger partial charge in [-0.1, -0.05) is 11.6 Å². The normalized spacial score (nSPS) is 19.2. The lowest BCUT2D eigenvalue weighted by molar-refractivity contribution is 0.0375. The highest BCUT2D eigenvalue weighted by Crippen LogP contribution is 2.19. The summed E-state index contributed by atoms with van der Waals surface area (Å²) in [4.78, 5) is 20.5. The van der Waals surface area contributed by atoms with Crippen molar-refractivity contribution in [1.29, 1.82) is 0 Å². The van der Waals surface area contributed by atoms with Crippen LogP contribution in [0.15, 0.2) is 23.0 Å². The fraction of sp³-hybridized carbons (Fsp3) is 0.600. The highest BCUT2D eigenvalue weighted by molar-refractivity contribution is 7.80. The molecule has 0 saturated carbocycles. The van der Waals surface area contributed by atoms with Crippen LogP contribution in [0.5, 0.6) is 0 Å². The topological polar surface area (TPSA) is 69.8 Å². The minimum absolute atomic E-state index is 0.0538. The Kier molecular flexibility index (Phi) is 8.35. The van der Waals surface area contributed by atoms with Crippen LogP contribution in [0.25, 0.3) is 10.9 Å². The quantitative estimate of drug-likeness (QED) is 0.452. The lowest BCUT2D eigenvalue weighted by Crippen LogP contribution is -2.45. The van der Waals surface area contributed by atoms with Gasteiger partial charge in [-0.2, -0.15) is 0 Å². The molecule has 2 aliphatic heterocycles. The zero-order valence-electron chi connectivity index (χ0n) is 19.8. The number of benzene rings is 1. The van der Waals surface area contributed by atoms with E-state index in [0.29, 0.717) is 18.2 Å². The first-order valence-electron chi connectivity index (χ1n) is 12.1. The highest BCUT2D eigenvalue weighted by Gasteiger charge is 2.22. The molecule has 0 amide bonds. The predicted octanol–water partition coefficient (Wildman–Crippen LogP) is 2.72. The number of H-pyrrole nitrogens is 1. The number of fused-ring (bicyclic) bond motifs is 1. The summed E-state index contributed by atoms with van der Waals surface area (Å²) in [5.74, 6) is 0. The number of aromatic amines is 1. The molecule has 1 aromatic carbocycles. The van der Waals surface area contributed by atoms with Gasteiger partial charge in [-0.3, -0.25) is 9.69 Å². The number of morpholine rings is 1. The molecule has 2 saturated heterocycles. The second-order valence-electron chi connectivity index (χ2n) is 9.22. The summed E-state index contributed by atoms with van der Waals surface area (Å²) in [6.07, 6.45) is 3.28. The summed E-state index contributed by atoms with van der Waals surface area (Å²) in [7, 11) is 0. The smallest absolute Gasteiger partial charge is 0.253 e. The summed E-state index contributed by atoms with van der Waals surface area (Å²) < 4.78 is 11.3. The SMILES string of the molecule is Cc1cc(C)c2[nH]c(=O)c(CN(C[C@H]3CCCO3)C(=S)NCCCN3CCOCC3)cc2c1. The zero-order valence-corrected chi connectivity index (χ0v) is 20.6. The molecular weight excluding hydrogens is 436 g/mol. The van der Waals surface area contributed by atoms with Gasteiger partial charge in [-0.25, -0.2) is 0 Å². The lowest BCUT2D eigenvalue weighted by atomic mass is 10.1. The molecule has 1 atom stereocenters. The second kappa shape index (κ2) is 11.4. The molecule has 0 aliphatic carbocycles. The van der Waals surface area contributed by atoms with Gasteiger partial charge < -0.3 is 24.7 Å². The minimum atomic E-state index is -0.0538. The van der Waals surface area contributed by atoms with Gasteiger partial charge in [0.05, 0.1) is 31.4 Å². The van der Waals surface area contributed by atoms with Crippen LogP contribution in [0.4, 0.5) is 0 Å². The molecule has 7 nitrogen and oxygen atoms in total. The van der Waals surface area contributed by atoms with Crippen molar-refractivity contribution in [3.63, 3.8) is 0 Å². The molecule has 0 radical (unpaired) electrons. The van der Waals surface area contributed by atoms with Crippen molar-refractivity contribution >= 4 is 28.2 Å². The van der Waals surface area contributed by atoms with Crippen molar-refractivity contribution in [1.82, 2.24) is 20.1 Å². The van der Waals surface area contributed by atoms with Gasteiger partial charge in [0.1, 0.15) is 0 Å². The third-order valence-electron chi connectivity index (χ3n) is 6.50. The van der Waals surface area contributed by atoms with Gasteiger partial charge in [-0.15, -0.1) is 0 Å². The first-order chi connectivity index (χ1) is 16.0. The van der Waals surface area contributed by atoms with Crippen LogP contribution in [-0.2, 0) is 16.0 Å². The number of nitrogens with one attached hydrogen (secondary N) is 2. The summed E-state index contributed by atoms with van der Waals surface area (Å²) in [5, 5.41) is 5.17. The van der Waals surface area contributed by atoms with E-state index in [1.807, 2.05) is 13.0 Å². The van der Waals surface area contributed by atoms with Crippen molar-refractivity contribution in [3.8, 4) is 0 Å². The van der Waals surface area contributed by atoms with Crippen LogP contribution in [0, 0.1) is 13.8 Å². The van der Waals surface area contributed by atoms with E-state index < -0.39 is 0 Å². The van der Waals surface area contributed by atoms with Crippen LogP contribution >= 0.6 is 12.2 Å². The Hall–Kier alpha value is -2.00. The molecule has 0 unspecified atom stereocenters. The summed E-state index contributed by atoms with van der Waals surface area (Å²) in [6, 6.07) is 6.23. The second-order valence-corrected chi connectivity index (χ2v) is 9.61. The van der Waals surface area contributed by atoms with Crippen molar-refractivity contribution in [2.24, 2.45) is 0 Å². The third kappa shape index (κ3) is 6.53. The van der Waals surface area contributed by atoms with E-state index in [1.54, 1.807) is 0 Å². The molecule has 3 heterocycles. The number of aromatic nitrogens is 1. The fourth-order valence-corrected chi connectivity index (χ4v) is 4.98. The van der Waals surface area contributed by atoms with E-state index in [4.69, 9.17) is 21.7 Å². The Morgan fingerprint density at radius 2 is 2.06 bits per heavy atom. The van der Waals surface area contributed by atoms with Crippen LogP contribution in [0.2, 0.25) is 0 Å². The molecule has 2 aliphatic rings. The Morgan fingerprint density at radius 1 is 1.24 bits per heavy atom. The minimum Gasteiger partial charge on any atom is -0.379 e. The average Bonchev–Trinajstić information content (AvgIpc) is 3.31. The van der Waals surface area contributed by atoms with Crippen molar-refractivity contribution in [2.75, 3.05) is 52.5 Å². The van der Waals surface area contributed by atoms with Gasteiger partial charge in [0, 0.05) is 38.3 Å². The maximum Gasteiger partial charge on any atom is 0.253 e. The number of thiocarbonyl (C=S) groups is 1. The average molecular weight is 473 g/mol. The lowest BCUT2D eigenvalue weighted by Gasteiger charge is -2.29. The molecule has 8 heteroatoms. The Balaban J connectivity index is 1.43. The molecule has 180 valence electrons.